The summed E-state index contributed by atoms with van der Waals surface area (Å²) >= 11 is 0. The molecule has 0 saturated carbocycles. The fraction of sp³-hybridized carbons (Fsp3) is 0.143. The highest BCUT2D eigenvalue weighted by molar-refractivity contribution is 7.16. The molecule has 0 aromatic heterocycles. The van der Waals surface area contributed by atoms with E-state index in [-0.39, 0.29) is 0 Å². The van der Waals surface area contributed by atoms with Gasteiger partial charge in [0.25, 0.3) is 0 Å². The number of hydrogen-bond donors (Lipinski definition) is 0. The quantitative estimate of drug-likeness (QED) is 0.280. The van der Waals surface area contributed by atoms with Gasteiger partial charge in [0.15, 0.2) is 0 Å². The Labute approximate surface area is 176 Å². The molecular weight excluding hydrogens is 367 g/mol. The Morgan fingerprint density at radius 2 is 0.931 bits per heavy atom. The van der Waals surface area contributed by atoms with Gasteiger partial charge in [-0.2, -0.15) is 0 Å². The molecule has 29 heavy (non-hydrogen) atoms. The van der Waals surface area contributed by atoms with Crippen molar-refractivity contribution < 1.29 is 0 Å². The van der Waals surface area contributed by atoms with Gasteiger partial charge in [-0.05, 0) is 52.4 Å². The third-order valence-electron chi connectivity index (χ3n) is 5.54. The van der Waals surface area contributed by atoms with Crippen LogP contribution in [0.15, 0.2) is 109 Å². The van der Waals surface area contributed by atoms with Crippen LogP contribution in [0.3, 0.4) is 0 Å². The van der Waals surface area contributed by atoms with Gasteiger partial charge in [0.05, 0.1) is 0 Å². The standard InChI is InChI=1S/C28H27P/c29-21-11-20-28(26-18-9-7-16-24(26)22-12-3-1-4-13-22)27-19-10-8-17-25(27)23-14-5-2-6-15-23/h1-10,12-19,28H,11,20-21,29H2. The molecule has 0 N–H and O–H groups in total. The average molecular weight is 394 g/mol. The second kappa shape index (κ2) is 9.68. The molecule has 4 aromatic carbocycles. The van der Waals surface area contributed by atoms with Crippen LogP contribution in [-0.2, 0) is 0 Å². The van der Waals surface area contributed by atoms with Crippen LogP contribution in [0.1, 0.15) is 29.9 Å². The van der Waals surface area contributed by atoms with Crippen LogP contribution in [0.4, 0.5) is 0 Å². The van der Waals surface area contributed by atoms with E-state index in [4.69, 9.17) is 0 Å². The van der Waals surface area contributed by atoms with Crippen molar-refractivity contribution in [2.75, 3.05) is 6.16 Å². The Morgan fingerprint density at radius 3 is 1.38 bits per heavy atom. The first-order valence-corrected chi connectivity index (χ1v) is 11.2. The zero-order valence-electron chi connectivity index (χ0n) is 16.7. The van der Waals surface area contributed by atoms with Gasteiger partial charge >= 0.3 is 0 Å². The lowest BCUT2D eigenvalue weighted by atomic mass is 9.80. The summed E-state index contributed by atoms with van der Waals surface area (Å²) in [4.78, 5) is 0. The topological polar surface area (TPSA) is 0 Å². The van der Waals surface area contributed by atoms with Crippen molar-refractivity contribution in [3.05, 3.63) is 120 Å². The van der Waals surface area contributed by atoms with E-state index in [0.29, 0.717) is 5.92 Å². The molecule has 0 saturated heterocycles. The van der Waals surface area contributed by atoms with Crippen molar-refractivity contribution in [3.8, 4) is 22.3 Å². The van der Waals surface area contributed by atoms with Gasteiger partial charge in [0, 0.05) is 5.92 Å². The first-order valence-electron chi connectivity index (χ1n) is 10.4. The molecule has 0 aliphatic carbocycles. The largest absolute Gasteiger partial charge is 0.138 e. The van der Waals surface area contributed by atoms with E-state index in [0.717, 1.165) is 12.6 Å². The van der Waals surface area contributed by atoms with Crippen LogP contribution < -0.4 is 0 Å². The van der Waals surface area contributed by atoms with Gasteiger partial charge < -0.3 is 0 Å². The molecule has 0 fully saturated rings. The van der Waals surface area contributed by atoms with E-state index in [1.807, 2.05) is 0 Å². The summed E-state index contributed by atoms with van der Waals surface area (Å²) in [5, 5.41) is 0. The van der Waals surface area contributed by atoms with E-state index in [1.165, 1.54) is 39.8 Å². The fourth-order valence-electron chi connectivity index (χ4n) is 4.16. The van der Waals surface area contributed by atoms with Crippen LogP contribution in [-0.4, -0.2) is 6.16 Å². The summed E-state index contributed by atoms with van der Waals surface area (Å²) in [5.74, 6) is 0.364. The minimum absolute atomic E-state index is 0.364. The first-order chi connectivity index (χ1) is 14.4. The molecule has 0 amide bonds. The summed E-state index contributed by atoms with van der Waals surface area (Å²) in [6.45, 7) is 0. The highest BCUT2D eigenvalue weighted by Crippen LogP contribution is 2.40. The van der Waals surface area contributed by atoms with Crippen molar-refractivity contribution in [2.24, 2.45) is 0 Å². The van der Waals surface area contributed by atoms with Gasteiger partial charge in [-0.3, -0.25) is 0 Å². The Kier molecular flexibility index (Phi) is 6.55. The molecule has 4 rings (SSSR count). The molecule has 0 spiro atoms. The zero-order chi connectivity index (χ0) is 19.9. The molecular formula is C28H27P. The van der Waals surface area contributed by atoms with Crippen molar-refractivity contribution in [1.82, 2.24) is 0 Å². The van der Waals surface area contributed by atoms with Gasteiger partial charge in [0.2, 0.25) is 0 Å². The summed E-state index contributed by atoms with van der Waals surface area (Å²) in [6, 6.07) is 39.4. The zero-order valence-corrected chi connectivity index (χ0v) is 17.8. The van der Waals surface area contributed by atoms with Crippen molar-refractivity contribution in [2.45, 2.75) is 18.8 Å². The Hall–Kier alpha value is -2.69. The van der Waals surface area contributed by atoms with Crippen molar-refractivity contribution >= 4 is 9.24 Å². The van der Waals surface area contributed by atoms with Gasteiger partial charge in [-0.15, -0.1) is 9.24 Å². The third-order valence-corrected chi connectivity index (χ3v) is 5.95. The highest BCUT2D eigenvalue weighted by Gasteiger charge is 2.20. The second-order valence-corrected chi connectivity index (χ2v) is 7.97. The molecule has 0 aliphatic rings. The minimum Gasteiger partial charge on any atom is -0.138 e. The van der Waals surface area contributed by atoms with Gasteiger partial charge in [0.1, 0.15) is 0 Å². The summed E-state index contributed by atoms with van der Waals surface area (Å²) in [7, 11) is 2.89. The lowest BCUT2D eigenvalue weighted by molar-refractivity contribution is 0.706. The Bertz CT molecular complexity index is 955. The molecule has 4 aromatic rings. The van der Waals surface area contributed by atoms with E-state index in [9.17, 15) is 0 Å². The molecule has 1 unspecified atom stereocenters. The number of rotatable bonds is 7. The SMILES string of the molecule is PCCCC(c1ccccc1-c1ccccc1)c1ccccc1-c1ccccc1. The van der Waals surface area contributed by atoms with Gasteiger partial charge in [-0.25, -0.2) is 0 Å². The van der Waals surface area contributed by atoms with E-state index in [1.54, 1.807) is 0 Å². The molecule has 1 atom stereocenters. The van der Waals surface area contributed by atoms with Crippen molar-refractivity contribution in [1.29, 1.82) is 0 Å². The molecule has 1 heteroatoms. The summed E-state index contributed by atoms with van der Waals surface area (Å²) < 4.78 is 0. The monoisotopic (exact) mass is 394 g/mol. The second-order valence-electron chi connectivity index (χ2n) is 7.39. The number of benzene rings is 4. The predicted octanol–water partition coefficient (Wildman–Crippen LogP) is 7.81. The smallest absolute Gasteiger partial charge is 0.0102 e. The third kappa shape index (κ3) is 4.50. The molecule has 0 heterocycles. The van der Waals surface area contributed by atoms with Crippen LogP contribution >= 0.6 is 9.24 Å². The maximum Gasteiger partial charge on any atom is 0.0102 e. The first kappa shape index (κ1) is 19.6. The van der Waals surface area contributed by atoms with Crippen LogP contribution in [0, 0.1) is 0 Å². The summed E-state index contributed by atoms with van der Waals surface area (Å²) in [6.07, 6.45) is 3.44. The lowest BCUT2D eigenvalue weighted by Crippen LogP contribution is -2.06. The van der Waals surface area contributed by atoms with Gasteiger partial charge in [-0.1, -0.05) is 109 Å². The van der Waals surface area contributed by atoms with Crippen LogP contribution in [0.2, 0.25) is 0 Å². The maximum atomic E-state index is 2.89. The normalized spacial score (nSPS) is 11.0. The van der Waals surface area contributed by atoms with Crippen LogP contribution in [0.25, 0.3) is 22.3 Å². The van der Waals surface area contributed by atoms with E-state index < -0.39 is 0 Å². The molecule has 0 aliphatic heterocycles. The lowest BCUT2D eigenvalue weighted by Gasteiger charge is -2.24. The highest BCUT2D eigenvalue weighted by atomic mass is 31.0. The van der Waals surface area contributed by atoms with E-state index >= 15 is 0 Å². The molecule has 0 radical (unpaired) electrons. The Morgan fingerprint density at radius 1 is 0.517 bits per heavy atom. The predicted molar refractivity (Wildman–Crippen MR) is 129 cm³/mol. The summed E-state index contributed by atoms with van der Waals surface area (Å²) in [5.41, 5.74) is 8.09. The van der Waals surface area contributed by atoms with E-state index in [2.05, 4.69) is 118 Å². The van der Waals surface area contributed by atoms with Crippen molar-refractivity contribution in [3.63, 3.8) is 0 Å². The molecule has 0 nitrogen and oxygen atoms in total. The Balaban J connectivity index is 1.87. The fourth-order valence-corrected chi connectivity index (χ4v) is 4.40. The number of hydrogen-bond acceptors (Lipinski definition) is 0. The maximum absolute atomic E-state index is 2.89. The molecule has 144 valence electrons. The molecule has 0 bridgehead atoms. The van der Waals surface area contributed by atoms with Crippen LogP contribution in [0.5, 0.6) is 0 Å². The average Bonchev–Trinajstić information content (AvgIpc) is 2.81. The minimum atomic E-state index is 0.364.